The van der Waals surface area contributed by atoms with Gasteiger partial charge in [0.2, 0.25) is 0 Å². The Balaban J connectivity index is 2.25. The van der Waals surface area contributed by atoms with E-state index in [0.717, 1.165) is 25.7 Å². The monoisotopic (exact) mass is 270 g/mol. The van der Waals surface area contributed by atoms with Crippen LogP contribution in [-0.4, -0.2) is 33.3 Å². The van der Waals surface area contributed by atoms with E-state index in [0.29, 0.717) is 5.11 Å². The Kier molecular flexibility index (Phi) is 3.30. The van der Waals surface area contributed by atoms with E-state index in [4.69, 9.17) is 17.0 Å². The predicted molar refractivity (Wildman–Crippen MR) is 74.1 cm³/mol. The van der Waals surface area contributed by atoms with Crippen molar-refractivity contribution in [1.82, 2.24) is 10.2 Å². The van der Waals surface area contributed by atoms with Gasteiger partial charge in [0.1, 0.15) is 6.04 Å². The zero-order valence-electron chi connectivity index (χ0n) is 11.6. The summed E-state index contributed by atoms with van der Waals surface area (Å²) >= 11 is 5.43. The zero-order valence-corrected chi connectivity index (χ0v) is 12.4. The van der Waals surface area contributed by atoms with Gasteiger partial charge >= 0.3 is 5.97 Å². The van der Waals surface area contributed by atoms with Crippen molar-refractivity contribution in [2.75, 3.05) is 0 Å². The lowest BCUT2D eigenvalue weighted by Gasteiger charge is -2.48. The third-order valence-electron chi connectivity index (χ3n) is 3.68. The number of fused-ring (bicyclic) bond motifs is 1. The number of carbonyl (C=O) groups is 1. The molecule has 2 fully saturated rings. The van der Waals surface area contributed by atoms with Gasteiger partial charge < -0.3 is 10.1 Å². The van der Waals surface area contributed by atoms with Crippen molar-refractivity contribution < 1.29 is 9.53 Å². The summed E-state index contributed by atoms with van der Waals surface area (Å²) in [6.07, 6.45) is 3.64. The van der Waals surface area contributed by atoms with Crippen LogP contribution in [-0.2, 0) is 9.53 Å². The Morgan fingerprint density at radius 1 is 1.50 bits per heavy atom. The molecule has 2 rings (SSSR count). The number of hydrogen-bond acceptors (Lipinski definition) is 3. The Bertz CT molecular complexity index is 383. The van der Waals surface area contributed by atoms with Crippen molar-refractivity contribution in [3.8, 4) is 0 Å². The maximum absolute atomic E-state index is 12.1. The number of rotatable bonds is 3. The van der Waals surface area contributed by atoms with Crippen molar-refractivity contribution in [2.24, 2.45) is 0 Å². The molecule has 0 aromatic heterocycles. The van der Waals surface area contributed by atoms with E-state index in [1.807, 2.05) is 11.8 Å². The number of thiocarbonyl (C=S) groups is 1. The molecule has 2 unspecified atom stereocenters. The van der Waals surface area contributed by atoms with Gasteiger partial charge in [-0.05, 0) is 39.4 Å². The topological polar surface area (TPSA) is 41.6 Å². The normalized spacial score (nSPS) is 34.0. The molecule has 18 heavy (non-hydrogen) atoms. The molecule has 2 saturated heterocycles. The maximum atomic E-state index is 12.1. The standard InChI is InChI=1S/C13H22N2O2S/c1-5-6-7-9-10(16)17-13(4)8-12(2,3)14-11(18)15(9)13/h9H,5-8H2,1-4H3,(H,14,18). The van der Waals surface area contributed by atoms with Crippen molar-refractivity contribution in [1.29, 1.82) is 0 Å². The van der Waals surface area contributed by atoms with Crippen LogP contribution in [0, 0.1) is 0 Å². The first kappa shape index (κ1) is 13.6. The van der Waals surface area contributed by atoms with Crippen molar-refractivity contribution in [3.63, 3.8) is 0 Å². The Morgan fingerprint density at radius 2 is 2.17 bits per heavy atom. The fourth-order valence-electron chi connectivity index (χ4n) is 3.10. The molecule has 0 aliphatic carbocycles. The van der Waals surface area contributed by atoms with Crippen LogP contribution in [0.1, 0.15) is 53.4 Å². The van der Waals surface area contributed by atoms with Gasteiger partial charge in [0.15, 0.2) is 10.8 Å². The van der Waals surface area contributed by atoms with Gasteiger partial charge in [-0.3, -0.25) is 4.90 Å². The minimum Gasteiger partial charge on any atom is -0.437 e. The Morgan fingerprint density at radius 3 is 2.78 bits per heavy atom. The van der Waals surface area contributed by atoms with E-state index in [9.17, 15) is 4.79 Å². The van der Waals surface area contributed by atoms with Gasteiger partial charge in [0.25, 0.3) is 0 Å². The average Bonchev–Trinajstić information content (AvgIpc) is 2.43. The van der Waals surface area contributed by atoms with Crippen molar-refractivity contribution in [2.45, 2.75) is 70.7 Å². The number of unbranched alkanes of at least 4 members (excludes halogenated alkanes) is 1. The molecule has 4 nitrogen and oxygen atoms in total. The first-order valence-corrected chi connectivity index (χ1v) is 7.04. The smallest absolute Gasteiger partial charge is 0.331 e. The summed E-state index contributed by atoms with van der Waals surface area (Å²) in [5.41, 5.74) is -0.719. The summed E-state index contributed by atoms with van der Waals surface area (Å²) in [6, 6.07) is -0.217. The number of nitrogens with one attached hydrogen (secondary N) is 1. The highest BCUT2D eigenvalue weighted by Crippen LogP contribution is 2.40. The lowest BCUT2D eigenvalue weighted by Crippen LogP contribution is -2.66. The van der Waals surface area contributed by atoms with Crippen molar-refractivity contribution >= 4 is 23.3 Å². The molecule has 2 atom stereocenters. The second kappa shape index (κ2) is 4.37. The Labute approximate surface area is 114 Å². The van der Waals surface area contributed by atoms with Crippen LogP contribution in [0.25, 0.3) is 0 Å². The van der Waals surface area contributed by atoms with E-state index < -0.39 is 5.72 Å². The van der Waals surface area contributed by atoms with Gasteiger partial charge in [-0.1, -0.05) is 19.8 Å². The molecule has 5 heteroatoms. The number of nitrogens with zero attached hydrogens (tertiary/aromatic N) is 1. The summed E-state index contributed by atoms with van der Waals surface area (Å²) in [5, 5.41) is 3.94. The minimum absolute atomic E-state index is 0.132. The molecule has 0 radical (unpaired) electrons. The molecule has 2 heterocycles. The van der Waals surface area contributed by atoms with Gasteiger partial charge in [-0.25, -0.2) is 4.79 Å². The maximum Gasteiger partial charge on any atom is 0.331 e. The Hall–Kier alpha value is -0.840. The summed E-state index contributed by atoms with van der Waals surface area (Å²) in [7, 11) is 0. The number of ether oxygens (including phenoxy) is 1. The summed E-state index contributed by atoms with van der Waals surface area (Å²) in [5.74, 6) is -0.132. The van der Waals surface area contributed by atoms with E-state index in [1.165, 1.54) is 0 Å². The fourth-order valence-corrected chi connectivity index (χ4v) is 3.70. The quantitative estimate of drug-likeness (QED) is 0.629. The number of carbonyl (C=O) groups excluding carboxylic acids is 1. The third-order valence-corrected chi connectivity index (χ3v) is 3.98. The van der Waals surface area contributed by atoms with Crippen LogP contribution in [0.5, 0.6) is 0 Å². The summed E-state index contributed by atoms with van der Waals surface area (Å²) < 4.78 is 5.63. The molecule has 0 amide bonds. The van der Waals surface area contributed by atoms with Crippen LogP contribution < -0.4 is 5.32 Å². The fraction of sp³-hybridized carbons (Fsp3) is 0.846. The van der Waals surface area contributed by atoms with E-state index in [-0.39, 0.29) is 17.6 Å². The molecule has 0 saturated carbocycles. The highest BCUT2D eigenvalue weighted by atomic mass is 32.1. The summed E-state index contributed by atoms with van der Waals surface area (Å²) in [6.45, 7) is 8.24. The van der Waals surface area contributed by atoms with Crippen LogP contribution in [0.3, 0.4) is 0 Å². The molecular weight excluding hydrogens is 248 g/mol. The number of esters is 1. The van der Waals surface area contributed by atoms with Gasteiger partial charge in [0, 0.05) is 12.0 Å². The highest BCUT2D eigenvalue weighted by Gasteiger charge is 2.56. The molecule has 0 aromatic carbocycles. The van der Waals surface area contributed by atoms with Gasteiger partial charge in [0.05, 0.1) is 0 Å². The molecule has 1 N–H and O–H groups in total. The largest absolute Gasteiger partial charge is 0.437 e. The molecule has 0 spiro atoms. The van der Waals surface area contributed by atoms with Gasteiger partial charge in [-0.2, -0.15) is 0 Å². The van der Waals surface area contributed by atoms with Crippen LogP contribution in [0.4, 0.5) is 0 Å². The first-order chi connectivity index (χ1) is 8.29. The van der Waals surface area contributed by atoms with E-state index in [1.54, 1.807) is 0 Å². The third kappa shape index (κ3) is 2.20. The van der Waals surface area contributed by atoms with E-state index in [2.05, 4.69) is 26.1 Å². The van der Waals surface area contributed by atoms with Gasteiger partial charge in [-0.15, -0.1) is 0 Å². The molecule has 0 aromatic rings. The average molecular weight is 270 g/mol. The zero-order chi connectivity index (χ0) is 13.6. The molecule has 2 aliphatic heterocycles. The summed E-state index contributed by atoms with van der Waals surface area (Å²) in [4.78, 5) is 14.0. The second-order valence-electron chi connectivity index (χ2n) is 6.11. The number of hydrogen-bond donors (Lipinski definition) is 1. The van der Waals surface area contributed by atoms with Crippen molar-refractivity contribution in [3.05, 3.63) is 0 Å². The first-order valence-electron chi connectivity index (χ1n) is 6.63. The SMILES string of the molecule is CCCCC1C(=O)OC2(C)CC(C)(C)NC(=S)N12. The van der Waals surface area contributed by atoms with Crippen LogP contribution in [0.2, 0.25) is 0 Å². The lowest BCUT2D eigenvalue weighted by molar-refractivity contribution is -0.153. The molecule has 2 aliphatic rings. The van der Waals surface area contributed by atoms with Crippen LogP contribution >= 0.6 is 12.2 Å². The molecular formula is C13H22N2O2S. The molecule has 0 bridgehead atoms. The second-order valence-corrected chi connectivity index (χ2v) is 6.50. The predicted octanol–water partition coefficient (Wildman–Crippen LogP) is 2.18. The van der Waals surface area contributed by atoms with Crippen LogP contribution in [0.15, 0.2) is 0 Å². The van der Waals surface area contributed by atoms with E-state index >= 15 is 0 Å². The lowest BCUT2D eigenvalue weighted by atomic mass is 9.90. The minimum atomic E-state index is -0.582. The highest BCUT2D eigenvalue weighted by molar-refractivity contribution is 7.80. The molecule has 102 valence electrons.